The smallest absolute Gasteiger partial charge is 0.258 e. The van der Waals surface area contributed by atoms with Gasteiger partial charge in [-0.15, -0.1) is 0 Å². The van der Waals surface area contributed by atoms with E-state index in [1.165, 1.54) is 6.07 Å². The highest BCUT2D eigenvalue weighted by atomic mass is 16.3. The highest BCUT2D eigenvalue weighted by Crippen LogP contribution is 2.24. The topological polar surface area (TPSA) is 87.5 Å². The van der Waals surface area contributed by atoms with Crippen molar-refractivity contribution in [2.24, 2.45) is 5.92 Å². The summed E-state index contributed by atoms with van der Waals surface area (Å²) in [7, 11) is 0. The molecule has 2 heterocycles. The van der Waals surface area contributed by atoms with E-state index in [0.29, 0.717) is 19.5 Å². The Morgan fingerprint density at radius 1 is 1.32 bits per heavy atom. The molecule has 0 spiro atoms. The lowest BCUT2D eigenvalue weighted by Crippen LogP contribution is -2.47. The fraction of sp³-hybridized carbons (Fsp3) is 0.476. The number of phenols is 1. The van der Waals surface area contributed by atoms with Crippen LogP contribution in [-0.2, 0) is 11.3 Å². The van der Waals surface area contributed by atoms with Crippen LogP contribution in [0.2, 0.25) is 0 Å². The Hall–Kier alpha value is -2.83. The van der Waals surface area contributed by atoms with Crippen molar-refractivity contribution in [1.29, 1.82) is 0 Å². The normalized spacial score (nSPS) is 17.5. The highest BCUT2D eigenvalue weighted by Gasteiger charge is 2.35. The van der Waals surface area contributed by atoms with Crippen molar-refractivity contribution < 1.29 is 14.7 Å². The van der Waals surface area contributed by atoms with Crippen LogP contribution in [-0.4, -0.2) is 50.7 Å². The number of aryl methyl sites for hydroxylation is 2. The second-order valence-electron chi connectivity index (χ2n) is 7.63. The monoisotopic (exact) mass is 384 g/mol. The number of aromatic hydroxyl groups is 1. The van der Waals surface area contributed by atoms with Crippen molar-refractivity contribution in [1.82, 2.24) is 20.0 Å². The van der Waals surface area contributed by atoms with E-state index in [1.807, 2.05) is 24.6 Å². The maximum atomic E-state index is 12.8. The Bertz CT molecular complexity index is 861. The molecule has 0 aliphatic carbocycles. The van der Waals surface area contributed by atoms with Gasteiger partial charge in [-0.2, -0.15) is 5.10 Å². The molecule has 7 heteroatoms. The van der Waals surface area contributed by atoms with E-state index in [2.05, 4.69) is 17.3 Å². The number of rotatable bonds is 6. The number of hydrogen-bond acceptors (Lipinski definition) is 4. The summed E-state index contributed by atoms with van der Waals surface area (Å²) in [6.45, 7) is 7.82. The van der Waals surface area contributed by atoms with Gasteiger partial charge in [0.15, 0.2) is 0 Å². The summed E-state index contributed by atoms with van der Waals surface area (Å²) in [6, 6.07) is 7.99. The van der Waals surface area contributed by atoms with Gasteiger partial charge in [-0.1, -0.05) is 19.1 Å². The van der Waals surface area contributed by atoms with Crippen LogP contribution < -0.4 is 5.32 Å². The number of amides is 2. The molecule has 1 saturated heterocycles. The zero-order valence-corrected chi connectivity index (χ0v) is 16.7. The fourth-order valence-corrected chi connectivity index (χ4v) is 3.70. The highest BCUT2D eigenvalue weighted by molar-refractivity contribution is 5.99. The molecule has 0 saturated carbocycles. The molecule has 1 aromatic carbocycles. The average molecular weight is 384 g/mol. The van der Waals surface area contributed by atoms with Crippen LogP contribution in [0.4, 0.5) is 0 Å². The van der Waals surface area contributed by atoms with E-state index in [4.69, 9.17) is 0 Å². The van der Waals surface area contributed by atoms with Gasteiger partial charge < -0.3 is 15.3 Å². The van der Waals surface area contributed by atoms with Gasteiger partial charge in [0.05, 0.1) is 11.3 Å². The van der Waals surface area contributed by atoms with Crippen LogP contribution in [0.25, 0.3) is 0 Å². The number of nitrogens with zero attached hydrogens (tertiary/aromatic N) is 3. The molecule has 28 heavy (non-hydrogen) atoms. The first-order valence-electron chi connectivity index (χ1n) is 9.74. The summed E-state index contributed by atoms with van der Waals surface area (Å²) >= 11 is 0. The van der Waals surface area contributed by atoms with E-state index in [1.54, 1.807) is 23.1 Å². The molecule has 2 atom stereocenters. The number of nitrogens with one attached hydrogen (secondary N) is 1. The molecule has 1 aliphatic rings. The molecular formula is C21H28N4O3. The Morgan fingerprint density at radius 3 is 2.75 bits per heavy atom. The summed E-state index contributed by atoms with van der Waals surface area (Å²) in [6.07, 6.45) is 1.41. The number of carbonyl (C=O) groups is 2. The Labute approximate surface area is 165 Å². The molecule has 0 bridgehead atoms. The predicted octanol–water partition coefficient (Wildman–Crippen LogP) is 2.26. The summed E-state index contributed by atoms with van der Waals surface area (Å²) in [5.74, 6) is -0.282. The molecule has 0 radical (unpaired) electrons. The molecule has 2 aromatic rings. The first kappa shape index (κ1) is 19.9. The zero-order valence-electron chi connectivity index (χ0n) is 16.7. The van der Waals surface area contributed by atoms with E-state index >= 15 is 0 Å². The number of benzene rings is 1. The quantitative estimate of drug-likeness (QED) is 0.800. The van der Waals surface area contributed by atoms with Gasteiger partial charge in [0, 0.05) is 25.3 Å². The van der Waals surface area contributed by atoms with Crippen molar-refractivity contribution in [3.8, 4) is 5.75 Å². The first-order valence-corrected chi connectivity index (χ1v) is 9.74. The number of phenolic OH excluding ortho intramolecular Hbond substituents is 1. The van der Waals surface area contributed by atoms with Crippen LogP contribution in [0, 0.1) is 19.8 Å². The standard InChI is InChI=1S/C21H28N4O3/c1-14(13-25-16(3)11-15(2)23-25)12-22-20(27)18-8-6-10-24(18)21(28)17-7-4-5-9-19(17)26/h4-5,7,9,11,14,18,26H,6,8,10,12-13H2,1-3H3,(H,22,27). The lowest BCUT2D eigenvalue weighted by atomic mass is 10.1. The van der Waals surface area contributed by atoms with Crippen molar-refractivity contribution >= 4 is 11.8 Å². The Kier molecular flexibility index (Phi) is 6.02. The largest absolute Gasteiger partial charge is 0.507 e. The van der Waals surface area contributed by atoms with Crippen LogP contribution in [0.5, 0.6) is 5.75 Å². The maximum Gasteiger partial charge on any atom is 0.258 e. The van der Waals surface area contributed by atoms with E-state index in [-0.39, 0.29) is 29.0 Å². The van der Waals surface area contributed by atoms with Gasteiger partial charge in [0.1, 0.15) is 11.8 Å². The van der Waals surface area contributed by atoms with E-state index in [0.717, 1.165) is 24.4 Å². The molecule has 3 rings (SSSR count). The SMILES string of the molecule is Cc1cc(C)n(CC(C)CNC(=O)C2CCCN2C(=O)c2ccccc2O)n1. The second-order valence-corrected chi connectivity index (χ2v) is 7.63. The van der Waals surface area contributed by atoms with Gasteiger partial charge in [0.25, 0.3) is 5.91 Å². The minimum absolute atomic E-state index is 0.0583. The maximum absolute atomic E-state index is 12.8. The summed E-state index contributed by atoms with van der Waals surface area (Å²) in [5, 5.41) is 17.4. The van der Waals surface area contributed by atoms with Crippen molar-refractivity contribution in [3.05, 3.63) is 47.3 Å². The minimum atomic E-state index is -0.493. The van der Waals surface area contributed by atoms with Gasteiger partial charge in [-0.3, -0.25) is 14.3 Å². The molecule has 7 nitrogen and oxygen atoms in total. The lowest BCUT2D eigenvalue weighted by Gasteiger charge is -2.25. The lowest BCUT2D eigenvalue weighted by molar-refractivity contribution is -0.125. The van der Waals surface area contributed by atoms with Crippen LogP contribution >= 0.6 is 0 Å². The van der Waals surface area contributed by atoms with Gasteiger partial charge in [-0.05, 0) is 50.8 Å². The third-order valence-corrected chi connectivity index (χ3v) is 5.16. The summed E-state index contributed by atoms with van der Waals surface area (Å²) in [5.41, 5.74) is 2.32. The third kappa shape index (κ3) is 4.35. The Morgan fingerprint density at radius 2 is 2.07 bits per heavy atom. The Balaban J connectivity index is 1.58. The van der Waals surface area contributed by atoms with Crippen molar-refractivity contribution in [2.75, 3.05) is 13.1 Å². The molecule has 1 fully saturated rings. The average Bonchev–Trinajstić information content (AvgIpc) is 3.26. The van der Waals surface area contributed by atoms with Gasteiger partial charge >= 0.3 is 0 Å². The molecule has 2 amide bonds. The molecular weight excluding hydrogens is 356 g/mol. The number of aromatic nitrogens is 2. The van der Waals surface area contributed by atoms with E-state index in [9.17, 15) is 14.7 Å². The third-order valence-electron chi connectivity index (χ3n) is 5.16. The van der Waals surface area contributed by atoms with E-state index < -0.39 is 6.04 Å². The van der Waals surface area contributed by atoms with Crippen molar-refractivity contribution in [2.45, 2.75) is 46.2 Å². The molecule has 150 valence electrons. The number of hydrogen-bond donors (Lipinski definition) is 2. The molecule has 2 unspecified atom stereocenters. The van der Waals surface area contributed by atoms with Crippen LogP contribution in [0.3, 0.4) is 0 Å². The van der Waals surface area contributed by atoms with Gasteiger partial charge in [-0.25, -0.2) is 0 Å². The van der Waals surface area contributed by atoms with Crippen molar-refractivity contribution in [3.63, 3.8) is 0 Å². The number of para-hydroxylation sites is 1. The zero-order chi connectivity index (χ0) is 20.3. The fourth-order valence-electron chi connectivity index (χ4n) is 3.70. The predicted molar refractivity (Wildman–Crippen MR) is 106 cm³/mol. The number of likely N-dealkylation sites (tertiary alicyclic amines) is 1. The van der Waals surface area contributed by atoms with Gasteiger partial charge in [0.2, 0.25) is 5.91 Å². The minimum Gasteiger partial charge on any atom is -0.507 e. The van der Waals surface area contributed by atoms with Crippen LogP contribution in [0.1, 0.15) is 41.5 Å². The number of carbonyl (C=O) groups excluding carboxylic acids is 2. The molecule has 1 aromatic heterocycles. The van der Waals surface area contributed by atoms with Crippen LogP contribution in [0.15, 0.2) is 30.3 Å². The first-order chi connectivity index (χ1) is 13.4. The molecule has 2 N–H and O–H groups in total. The summed E-state index contributed by atoms with van der Waals surface area (Å²) in [4.78, 5) is 27.1. The molecule has 1 aliphatic heterocycles. The second kappa shape index (κ2) is 8.46. The summed E-state index contributed by atoms with van der Waals surface area (Å²) < 4.78 is 1.95.